The first-order valence-corrected chi connectivity index (χ1v) is 62.5. The zero-order chi connectivity index (χ0) is 107. The fourth-order valence-corrected chi connectivity index (χ4v) is 28.0. The minimum Gasteiger partial charge on any atom is -0.492 e. The van der Waals surface area contributed by atoms with Crippen molar-refractivity contribution in [2.24, 2.45) is 36.0 Å². The number of aromatic amines is 1. The Morgan fingerprint density at radius 2 is 0.584 bits per heavy atom. The Balaban J connectivity index is 0.000000130. The molecule has 50 heteroatoms. The van der Waals surface area contributed by atoms with Crippen LogP contribution in [0.2, 0.25) is 0 Å². The van der Waals surface area contributed by atoms with Crippen molar-refractivity contribution in [2.75, 3.05) is 6.61 Å². The van der Waals surface area contributed by atoms with Gasteiger partial charge in [-0.2, -0.15) is 94.9 Å². The van der Waals surface area contributed by atoms with Crippen molar-refractivity contribution < 1.29 is 92.9 Å². The van der Waals surface area contributed by atoms with E-state index in [1.807, 2.05) is 30.3 Å². The first-order chi connectivity index (χ1) is 70.5. The molecule has 15 aromatic rings. The number of hydrogen-bond donors (Lipinski definition) is 8. The summed E-state index contributed by atoms with van der Waals surface area (Å²) in [6.07, 6.45) is 29.5. The summed E-state index contributed by atoms with van der Waals surface area (Å²) in [5, 5.41) is 42.2. The van der Waals surface area contributed by atoms with Crippen LogP contribution in [-0.2, 0) is 136 Å². The van der Waals surface area contributed by atoms with E-state index in [1.165, 1.54) is 73.6 Å². The van der Waals surface area contributed by atoms with Crippen molar-refractivity contribution in [3.05, 3.63) is 280 Å². The third-order valence-corrected chi connectivity index (χ3v) is 34.1. The Hall–Kier alpha value is -11.2. The largest absolute Gasteiger partial charge is 0.492 e. The number of nitrogens with one attached hydrogen (secondary N) is 1. The monoisotopic (exact) mass is 2280 g/mol. The molecule has 1 unspecified atom stereocenters. The van der Waals surface area contributed by atoms with Gasteiger partial charge < -0.3 is 39.0 Å². The van der Waals surface area contributed by atoms with E-state index in [0.29, 0.717) is 45.2 Å². The molecule has 1 atom stereocenters. The average molecular weight is 2290 g/mol. The Labute approximate surface area is 880 Å². The van der Waals surface area contributed by atoms with Crippen LogP contribution in [0.4, 0.5) is 0 Å². The topological polar surface area (TPSA) is 630 Å². The lowest BCUT2D eigenvalue weighted by Crippen LogP contribution is -2.20. The summed E-state index contributed by atoms with van der Waals surface area (Å²) in [4.78, 5) is 88.0. The summed E-state index contributed by atoms with van der Waals surface area (Å²) >= 11 is 6.74. The number of rotatable bonds is 16. The van der Waals surface area contributed by atoms with Gasteiger partial charge in [0.25, 0.3) is 0 Å². The van der Waals surface area contributed by atoms with Gasteiger partial charge in [-0.3, -0.25) is 33.6 Å². The van der Waals surface area contributed by atoms with E-state index in [2.05, 4.69) is 30.5 Å². The Bertz CT molecular complexity index is 9100. The molecule has 21 rings (SSSR count). The number of hydrogen-bond acceptors (Lipinski definition) is 35. The molecule has 0 bridgehead atoms. The van der Waals surface area contributed by atoms with Crippen molar-refractivity contribution in [3.63, 3.8) is 0 Å². The second kappa shape index (κ2) is 47.8. The van der Waals surface area contributed by atoms with Gasteiger partial charge in [-0.25, -0.2) is 0 Å². The van der Waals surface area contributed by atoms with Gasteiger partial charge in [0.05, 0.1) is 17.7 Å². The van der Waals surface area contributed by atoms with Gasteiger partial charge in [-0.1, -0.05) is 132 Å². The van der Waals surface area contributed by atoms with Crippen molar-refractivity contribution in [1.82, 2.24) is 4.98 Å². The van der Waals surface area contributed by atoms with E-state index in [0.717, 1.165) is 327 Å². The van der Waals surface area contributed by atoms with Crippen LogP contribution in [0.3, 0.4) is 0 Å². The fourth-order valence-electron chi connectivity index (χ4n) is 19.3. The van der Waals surface area contributed by atoms with Crippen molar-refractivity contribution in [1.29, 1.82) is 0 Å². The van der Waals surface area contributed by atoms with Crippen LogP contribution in [0.25, 0.3) is 82.2 Å². The van der Waals surface area contributed by atoms with Gasteiger partial charge in [0, 0.05) is 84.8 Å². The third kappa shape index (κ3) is 30.2. The molecule has 792 valence electrons. The van der Waals surface area contributed by atoms with Crippen LogP contribution in [0, 0.1) is 0 Å². The molecule has 149 heavy (non-hydrogen) atoms. The van der Waals surface area contributed by atoms with Gasteiger partial charge in [0.1, 0.15) is 46.0 Å². The lowest BCUT2D eigenvalue weighted by Gasteiger charge is -2.25. The molecule has 5 aliphatic carbocycles. The lowest BCUT2D eigenvalue weighted by molar-refractivity contribution is 0.292. The summed E-state index contributed by atoms with van der Waals surface area (Å²) in [5.41, 5.74) is 11.5. The molecule has 8 heterocycles. The number of aryl methyl sites for hydroxylation is 6. The van der Waals surface area contributed by atoms with Gasteiger partial charge in [-0.15, -0.1) is 0 Å². The van der Waals surface area contributed by atoms with E-state index < -0.39 is 72.1 Å². The fraction of sp³-hybridized carbons (Fsp3) is 0.323. The Morgan fingerprint density at radius 1 is 0.289 bits per heavy atom. The van der Waals surface area contributed by atoms with E-state index in [9.17, 15) is 92.5 Å². The molecule has 0 saturated carbocycles. The maximum Gasteiger partial charge on any atom is 0.380 e. The molecular weight excluding hydrogens is 2180 g/mol. The normalized spacial score (nSPS) is 15.4. The highest BCUT2D eigenvalue weighted by atomic mass is 32.3. The molecule has 37 nitrogen and oxygen atoms in total. The highest BCUT2D eigenvalue weighted by molar-refractivity contribution is 7.86. The number of ether oxygens (including phenoxy) is 1. The van der Waals surface area contributed by atoms with Crippen LogP contribution in [0.15, 0.2) is 185 Å². The third-order valence-electron chi connectivity index (χ3n) is 25.2. The number of pyridine rings is 1. The summed E-state index contributed by atoms with van der Waals surface area (Å²) < 4.78 is 196. The predicted molar refractivity (Wildman–Crippen MR) is 585 cm³/mol. The highest BCUT2D eigenvalue weighted by Gasteiger charge is 2.29. The summed E-state index contributed by atoms with van der Waals surface area (Å²) in [7, 11) is -28.4. The quantitative estimate of drug-likeness (QED) is 0.0329. The van der Waals surface area contributed by atoms with E-state index in [4.69, 9.17) is 57.4 Å². The number of fused-ring (bicyclic) bond motifs is 21. The van der Waals surface area contributed by atoms with Crippen LogP contribution in [-0.4, -0.2) is 70.5 Å². The first kappa shape index (κ1) is 112. The maximum absolute atomic E-state index is 12.7. The van der Waals surface area contributed by atoms with Gasteiger partial charge in [-0.05, 0) is 334 Å². The summed E-state index contributed by atoms with van der Waals surface area (Å²) in [5.74, 6) is 1.72. The van der Waals surface area contributed by atoms with Crippen LogP contribution in [0.5, 0.6) is 46.0 Å². The molecule has 0 spiro atoms. The molecule has 0 fully saturated rings. The number of benzene rings is 8. The lowest BCUT2D eigenvalue weighted by atomic mass is 9.81. The predicted octanol–water partition coefficient (Wildman–Crippen LogP) is 14.7. The smallest absolute Gasteiger partial charge is 0.380 e. The minimum absolute atomic E-state index is 0.00371. The molecule has 0 amide bonds. The maximum atomic E-state index is 12.7. The first-order valence-electron chi connectivity index (χ1n) is 47.3. The number of nitrogens with two attached hydrogens (primary N) is 7. The van der Waals surface area contributed by atoms with Gasteiger partial charge in [0.2, 0.25) is 34.0 Å². The Morgan fingerprint density at radius 3 is 1.00 bits per heavy atom. The molecule has 6 aliphatic rings. The van der Waals surface area contributed by atoms with Gasteiger partial charge >= 0.3 is 72.1 Å². The van der Waals surface area contributed by atoms with Gasteiger partial charge in [0.15, 0.2) is 0 Å². The molecule has 0 radical (unpaired) electrons. The number of H-pyrrole nitrogens is 1. The van der Waals surface area contributed by atoms with Crippen molar-refractivity contribution >= 4 is 222 Å². The zero-order valence-electron chi connectivity index (χ0n) is 79.9. The van der Waals surface area contributed by atoms with Crippen LogP contribution in [0.1, 0.15) is 196 Å². The number of aromatic nitrogens is 1. The second-order valence-electron chi connectivity index (χ2n) is 35.9. The molecule has 8 aromatic carbocycles. The molecule has 0 saturated heterocycles. The minimum atomic E-state index is -4.08. The van der Waals surface area contributed by atoms with E-state index in [-0.39, 0.29) is 74.3 Å². The summed E-state index contributed by atoms with van der Waals surface area (Å²) in [6.45, 7) is 2.71. The highest BCUT2D eigenvalue weighted by Crippen LogP contribution is 2.43. The molecule has 1 aliphatic heterocycles. The SMILES string of the molecule is CCCC1CCCc2c1c(=O)sc1cc(OS(N)(=O)=O)ccc21.NS(=O)(=O)Oc1ccc2c(c1)sc(=O)c1c3c(ccc12)CCCC3.NS(=O)(=O)Oc1ccc2c3c(c(=O)sc2c1)CCCCC3.NS(=O)(=O)Oc1ccc2c3c(c(=O)sc2c1)CCCCCC3.NS(=O)(=O)Oc1ccc2c3c(c(=O)sc2c1)CCCCCCC3.NS(=O)(=O)Oc1ccc2c3c(c(=O)sc2c1)CCCO3.NS(=O)(=O)Oc1ccc2ccc(=O)[nH]c2c1. The van der Waals surface area contributed by atoms with Crippen molar-refractivity contribution in [3.8, 4) is 46.0 Å². The summed E-state index contributed by atoms with van der Waals surface area (Å²) in [6, 6.07) is 41.0. The van der Waals surface area contributed by atoms with Crippen LogP contribution >= 0.6 is 68.0 Å². The molecular formula is C99H104N8O29S13. The van der Waals surface area contributed by atoms with Crippen molar-refractivity contribution in [2.45, 2.75) is 199 Å². The van der Waals surface area contributed by atoms with Crippen LogP contribution < -0.4 is 104 Å². The van der Waals surface area contributed by atoms with E-state index in [1.54, 1.807) is 84.9 Å². The standard InChI is InChI=1S/C17H15NO4S2.2C16H19NO4S2.C15H17NO4S2.C14H15NO4S2.C12H11NO5S2.C9H8N2O4S/c18-24(20,21)22-11-6-8-13-14-7-5-10-3-1-2-4-12(10)16(14)17(19)23-15(13)9-11;1-2-4-10-5-3-6-13-12-8-7-11(21-23(17,19)20)9-14(12)22-16(18)15(10)13;17-23(19,20)21-11-8-9-13-12-6-4-2-1-3-5-7-14(12)16(18)22-15(13)10-11;16-22(18,19)20-10-7-8-12-11-5-3-1-2-4-6-13(11)15(17)21-14(12)9-10;15-21(17,18)19-9-6-7-11-10-4-2-1-3-5-12(10)14(16)20-13(11)8-9;13-20(15,16)18-7-3-4-8-10(6-7)19-12(14)9-2-1-5-17-11(8)9;10-16(13,14)15-7-3-1-6-2-4-9(12)11-8(6)5-7/h5-9H,1-4H2,(H2,18,20,21);7-10H,2-6H2,1H3,(H2,17,19,20);8-10H,1-7H2,(H2,17,19,20);7-9H,1-6H2,(H2,16,18,19);6-8H,1-5H2,(H2,15,17,18);3-4,6H,1-2,5H2,(H2,13,15,16);1-5H,(H,11,12)(H2,10,13,14). The Kier molecular flexibility index (Phi) is 35.9. The van der Waals surface area contributed by atoms with E-state index >= 15 is 0 Å². The molecule has 7 aromatic heterocycles. The molecule has 15 N–H and O–H groups in total. The average Bonchev–Trinajstić information content (AvgIpc) is 1.03. The second-order valence-corrected chi connectivity index (χ2v) is 50.0. The zero-order valence-corrected chi connectivity index (χ0v) is 90.5.